The highest BCUT2D eigenvalue weighted by atomic mass is 35.5. The van der Waals surface area contributed by atoms with Crippen LogP contribution < -0.4 is 5.73 Å². The molecule has 0 spiro atoms. The standard InChI is InChI=1S/C20H22ClN3OS/c1-12(2)7-8-24-13(3)16(19(22)25)10-18(24)17-11-26-20(23-17)14-5-4-6-15(21)9-14/h4-6,9-12H,7-8H2,1-3H3,(H2,22,25). The highest BCUT2D eigenvalue weighted by Gasteiger charge is 2.19. The van der Waals surface area contributed by atoms with E-state index in [1.165, 1.54) is 0 Å². The highest BCUT2D eigenvalue weighted by Crippen LogP contribution is 2.32. The van der Waals surface area contributed by atoms with Gasteiger partial charge in [0.1, 0.15) is 5.01 Å². The Bertz CT molecular complexity index is 942. The summed E-state index contributed by atoms with van der Waals surface area (Å²) in [5, 5.41) is 3.60. The number of hydrogen-bond donors (Lipinski definition) is 1. The zero-order valence-electron chi connectivity index (χ0n) is 15.1. The Morgan fingerprint density at radius 2 is 2.12 bits per heavy atom. The Kier molecular flexibility index (Phi) is 5.49. The molecule has 0 saturated heterocycles. The number of hydrogen-bond acceptors (Lipinski definition) is 3. The first-order chi connectivity index (χ1) is 12.4. The average molecular weight is 388 g/mol. The number of nitrogens with two attached hydrogens (primary N) is 1. The molecule has 3 rings (SSSR count). The summed E-state index contributed by atoms with van der Waals surface area (Å²) < 4.78 is 2.15. The SMILES string of the molecule is Cc1c(C(N)=O)cc(-c2csc(-c3cccc(Cl)c3)n2)n1CCC(C)C. The molecule has 0 unspecified atom stereocenters. The summed E-state index contributed by atoms with van der Waals surface area (Å²) in [6.45, 7) is 7.14. The van der Waals surface area contributed by atoms with E-state index in [1.807, 2.05) is 42.6 Å². The van der Waals surface area contributed by atoms with Crippen molar-refractivity contribution in [2.24, 2.45) is 11.7 Å². The molecule has 6 heteroatoms. The van der Waals surface area contributed by atoms with Crippen molar-refractivity contribution >= 4 is 28.8 Å². The van der Waals surface area contributed by atoms with Crippen molar-refractivity contribution < 1.29 is 4.79 Å². The summed E-state index contributed by atoms with van der Waals surface area (Å²) in [4.78, 5) is 16.6. The lowest BCUT2D eigenvalue weighted by Crippen LogP contribution is -2.13. The molecule has 0 aliphatic heterocycles. The molecular formula is C20H22ClN3OS. The molecule has 0 aliphatic rings. The van der Waals surface area contributed by atoms with Crippen molar-refractivity contribution in [2.45, 2.75) is 33.7 Å². The number of halogens is 1. The lowest BCUT2D eigenvalue weighted by atomic mass is 10.1. The Balaban J connectivity index is 2.03. The van der Waals surface area contributed by atoms with E-state index >= 15 is 0 Å². The minimum absolute atomic E-state index is 0.405. The van der Waals surface area contributed by atoms with Gasteiger partial charge in [0.05, 0.1) is 17.0 Å². The number of carbonyl (C=O) groups is 1. The first-order valence-electron chi connectivity index (χ1n) is 8.58. The van der Waals surface area contributed by atoms with Crippen LogP contribution >= 0.6 is 22.9 Å². The fourth-order valence-corrected chi connectivity index (χ4v) is 3.93. The number of nitrogens with zero attached hydrogens (tertiary/aromatic N) is 2. The minimum Gasteiger partial charge on any atom is -0.366 e. The summed E-state index contributed by atoms with van der Waals surface area (Å²) in [7, 11) is 0. The van der Waals surface area contributed by atoms with Gasteiger partial charge in [-0.05, 0) is 37.5 Å². The molecule has 4 nitrogen and oxygen atoms in total. The zero-order valence-corrected chi connectivity index (χ0v) is 16.7. The maximum Gasteiger partial charge on any atom is 0.250 e. The van der Waals surface area contributed by atoms with Crippen LogP contribution in [0, 0.1) is 12.8 Å². The van der Waals surface area contributed by atoms with Gasteiger partial charge in [-0.25, -0.2) is 4.98 Å². The van der Waals surface area contributed by atoms with Gasteiger partial charge in [-0.15, -0.1) is 11.3 Å². The van der Waals surface area contributed by atoms with Crippen molar-refractivity contribution in [1.29, 1.82) is 0 Å². The predicted octanol–water partition coefficient (Wildman–Crippen LogP) is 5.39. The van der Waals surface area contributed by atoms with Gasteiger partial charge in [0.25, 0.3) is 5.91 Å². The van der Waals surface area contributed by atoms with Gasteiger partial charge in [0.2, 0.25) is 0 Å². The summed E-state index contributed by atoms with van der Waals surface area (Å²) in [5.41, 5.74) is 9.78. The molecule has 0 saturated carbocycles. The quantitative estimate of drug-likeness (QED) is 0.616. The Labute approximate surface area is 162 Å². The molecule has 2 heterocycles. The van der Waals surface area contributed by atoms with Crippen LogP contribution in [0.2, 0.25) is 5.02 Å². The third kappa shape index (κ3) is 3.84. The maximum absolute atomic E-state index is 11.8. The van der Waals surface area contributed by atoms with Crippen LogP contribution in [0.4, 0.5) is 0 Å². The molecule has 3 aromatic rings. The van der Waals surface area contributed by atoms with Crippen LogP contribution in [-0.2, 0) is 6.54 Å². The molecule has 2 N–H and O–H groups in total. The Morgan fingerprint density at radius 1 is 1.35 bits per heavy atom. The van der Waals surface area contributed by atoms with Gasteiger partial charge in [-0.3, -0.25) is 4.79 Å². The van der Waals surface area contributed by atoms with Crippen molar-refractivity contribution in [3.05, 3.63) is 52.0 Å². The third-order valence-corrected chi connectivity index (χ3v) is 5.53. The van der Waals surface area contributed by atoms with Crippen LogP contribution in [0.15, 0.2) is 35.7 Å². The van der Waals surface area contributed by atoms with Crippen molar-refractivity contribution in [3.63, 3.8) is 0 Å². The van der Waals surface area contributed by atoms with E-state index in [-0.39, 0.29) is 0 Å². The van der Waals surface area contributed by atoms with Crippen LogP contribution in [0.25, 0.3) is 22.0 Å². The first-order valence-corrected chi connectivity index (χ1v) is 9.84. The molecule has 1 aromatic carbocycles. The molecule has 26 heavy (non-hydrogen) atoms. The largest absolute Gasteiger partial charge is 0.366 e. The maximum atomic E-state index is 11.8. The summed E-state index contributed by atoms with van der Waals surface area (Å²) >= 11 is 7.66. The lowest BCUT2D eigenvalue weighted by Gasteiger charge is -2.12. The van der Waals surface area contributed by atoms with Crippen LogP contribution in [0.1, 0.15) is 36.3 Å². The van der Waals surface area contributed by atoms with E-state index in [2.05, 4.69) is 18.4 Å². The molecule has 2 aromatic heterocycles. The fraction of sp³-hybridized carbons (Fsp3) is 0.300. The predicted molar refractivity (Wildman–Crippen MR) is 109 cm³/mol. The van der Waals surface area contributed by atoms with E-state index in [4.69, 9.17) is 22.3 Å². The molecule has 136 valence electrons. The fourth-order valence-electron chi connectivity index (χ4n) is 2.93. The number of aromatic nitrogens is 2. The second-order valence-electron chi connectivity index (χ2n) is 6.78. The summed E-state index contributed by atoms with van der Waals surface area (Å²) in [6, 6.07) is 9.52. The molecule has 0 fully saturated rings. The van der Waals surface area contributed by atoms with Gasteiger partial charge >= 0.3 is 0 Å². The molecular weight excluding hydrogens is 366 g/mol. The number of benzene rings is 1. The zero-order chi connectivity index (χ0) is 18.8. The van der Waals surface area contributed by atoms with E-state index in [9.17, 15) is 4.79 Å². The molecule has 0 aliphatic carbocycles. The lowest BCUT2D eigenvalue weighted by molar-refractivity contribution is 0.0999. The van der Waals surface area contributed by atoms with Gasteiger partial charge in [-0.1, -0.05) is 37.6 Å². The summed E-state index contributed by atoms with van der Waals surface area (Å²) in [5.74, 6) is 0.163. The van der Waals surface area contributed by atoms with Gasteiger partial charge in [0.15, 0.2) is 0 Å². The number of thiazole rings is 1. The van der Waals surface area contributed by atoms with Crippen molar-refractivity contribution in [2.75, 3.05) is 0 Å². The molecule has 0 radical (unpaired) electrons. The number of primary amides is 1. The van der Waals surface area contributed by atoms with E-state index in [1.54, 1.807) is 11.3 Å². The van der Waals surface area contributed by atoms with Gasteiger partial charge < -0.3 is 10.3 Å². The molecule has 1 amide bonds. The average Bonchev–Trinajstić information content (AvgIpc) is 3.17. The van der Waals surface area contributed by atoms with Crippen molar-refractivity contribution in [3.8, 4) is 22.0 Å². The second-order valence-corrected chi connectivity index (χ2v) is 8.07. The van der Waals surface area contributed by atoms with E-state index in [0.717, 1.165) is 40.6 Å². The normalized spacial score (nSPS) is 11.3. The number of carbonyl (C=O) groups excluding carboxylic acids is 1. The monoisotopic (exact) mass is 387 g/mol. The Hall–Kier alpha value is -2.11. The van der Waals surface area contributed by atoms with Crippen LogP contribution in [0.5, 0.6) is 0 Å². The second kappa shape index (κ2) is 7.64. The molecule has 0 atom stereocenters. The van der Waals surface area contributed by atoms with Gasteiger partial charge in [-0.2, -0.15) is 0 Å². The van der Waals surface area contributed by atoms with Gasteiger partial charge in [0, 0.05) is 28.2 Å². The van der Waals surface area contributed by atoms with E-state index in [0.29, 0.717) is 16.5 Å². The summed E-state index contributed by atoms with van der Waals surface area (Å²) in [6.07, 6.45) is 1.02. The van der Waals surface area contributed by atoms with Crippen molar-refractivity contribution in [1.82, 2.24) is 9.55 Å². The highest BCUT2D eigenvalue weighted by molar-refractivity contribution is 7.13. The minimum atomic E-state index is -0.405. The van der Waals surface area contributed by atoms with Crippen LogP contribution in [-0.4, -0.2) is 15.5 Å². The molecule has 0 bridgehead atoms. The Morgan fingerprint density at radius 3 is 2.77 bits per heavy atom. The first kappa shape index (κ1) is 18.7. The van der Waals surface area contributed by atoms with E-state index < -0.39 is 5.91 Å². The third-order valence-electron chi connectivity index (χ3n) is 4.40. The number of rotatable bonds is 6. The topological polar surface area (TPSA) is 60.9 Å². The smallest absolute Gasteiger partial charge is 0.250 e. The van der Waals surface area contributed by atoms with Crippen LogP contribution in [0.3, 0.4) is 0 Å². The number of amides is 1.